The lowest BCUT2D eigenvalue weighted by Crippen LogP contribution is -2.03. The zero-order valence-electron chi connectivity index (χ0n) is 20.3. The molecule has 5 heteroatoms. The van der Waals surface area contributed by atoms with E-state index in [9.17, 15) is 9.90 Å². The Labute approximate surface area is 195 Å². The number of para-hydroxylation sites is 1. The van der Waals surface area contributed by atoms with Gasteiger partial charge in [0.05, 0.1) is 0 Å². The second-order valence-corrected chi connectivity index (χ2v) is 8.80. The number of benzene rings is 1. The molecule has 0 aliphatic heterocycles. The van der Waals surface area contributed by atoms with E-state index in [1.165, 1.54) is 96.0 Å². The van der Waals surface area contributed by atoms with E-state index in [2.05, 4.69) is 11.7 Å². The van der Waals surface area contributed by atoms with Crippen LogP contribution in [0.25, 0.3) is 0 Å². The summed E-state index contributed by atoms with van der Waals surface area (Å²) < 4.78 is 10.3. The summed E-state index contributed by atoms with van der Waals surface area (Å²) in [6.07, 6.45) is 19.6. The molecule has 0 saturated carbocycles. The molecule has 0 radical (unpaired) electrons. The maximum atomic E-state index is 10.6. The lowest BCUT2D eigenvalue weighted by Gasteiger charge is -2.08. The first-order valence-electron chi connectivity index (χ1n) is 12.9. The van der Waals surface area contributed by atoms with E-state index in [4.69, 9.17) is 9.84 Å². The molecular formula is C27H46O5. The van der Waals surface area contributed by atoms with Crippen LogP contribution in [-0.2, 0) is 11.2 Å². The molecule has 5 nitrogen and oxygen atoms in total. The van der Waals surface area contributed by atoms with E-state index in [0.717, 1.165) is 38.0 Å². The minimum Gasteiger partial charge on any atom is -0.504 e. The number of carboxylic acid groups (broad SMARTS) is 1. The number of unbranched alkanes of at least 4 members (excludes halogenated alkanes) is 14. The first kappa shape index (κ1) is 28.3. The fourth-order valence-corrected chi connectivity index (χ4v) is 3.97. The molecule has 32 heavy (non-hydrogen) atoms. The summed E-state index contributed by atoms with van der Waals surface area (Å²) >= 11 is 0. The Bertz CT molecular complexity index is 587. The van der Waals surface area contributed by atoms with Crippen molar-refractivity contribution in [3.8, 4) is 11.5 Å². The summed E-state index contributed by atoms with van der Waals surface area (Å²) in [6.45, 7) is 4.12. The van der Waals surface area contributed by atoms with Gasteiger partial charge in [-0.3, -0.25) is 0 Å². The molecule has 0 atom stereocenters. The summed E-state index contributed by atoms with van der Waals surface area (Å²) in [4.78, 5) is 10.6. The van der Waals surface area contributed by atoms with E-state index in [1.807, 2.05) is 6.07 Å². The predicted molar refractivity (Wildman–Crippen MR) is 131 cm³/mol. The average molecular weight is 451 g/mol. The van der Waals surface area contributed by atoms with Crippen molar-refractivity contribution in [3.05, 3.63) is 23.8 Å². The van der Waals surface area contributed by atoms with Gasteiger partial charge in [0.1, 0.15) is 0 Å². The number of phenols is 1. The number of ether oxygens (including phenoxy) is 2. The molecule has 0 bridgehead atoms. The Morgan fingerprint density at radius 1 is 0.750 bits per heavy atom. The maximum Gasteiger partial charge on any atom is 0.511 e. The number of hydrogen-bond acceptors (Lipinski definition) is 4. The van der Waals surface area contributed by atoms with Crippen molar-refractivity contribution in [1.29, 1.82) is 0 Å². The molecule has 0 aromatic heterocycles. The van der Waals surface area contributed by atoms with Crippen molar-refractivity contribution in [3.63, 3.8) is 0 Å². The smallest absolute Gasteiger partial charge is 0.504 e. The second-order valence-electron chi connectivity index (χ2n) is 8.80. The third kappa shape index (κ3) is 15.1. The molecule has 1 aromatic carbocycles. The monoisotopic (exact) mass is 450 g/mol. The molecule has 0 aliphatic rings. The van der Waals surface area contributed by atoms with E-state index < -0.39 is 6.16 Å². The molecule has 0 amide bonds. The van der Waals surface area contributed by atoms with Crippen LogP contribution in [0.15, 0.2) is 18.2 Å². The Kier molecular flexibility index (Phi) is 17.6. The fourth-order valence-electron chi connectivity index (χ4n) is 3.97. The van der Waals surface area contributed by atoms with Gasteiger partial charge in [-0.25, -0.2) is 4.79 Å². The van der Waals surface area contributed by atoms with Gasteiger partial charge in [0.2, 0.25) is 0 Å². The standard InChI is InChI=1S/C27H46O5/c1-2-3-4-13-16-22-31-23-17-14-11-9-7-5-6-8-10-12-15-19-24-20-18-21-25(26(24)28)32-27(29)30/h18,20-21,28H,2-17,19,22-23H2,1H3,(H,29,30). The van der Waals surface area contributed by atoms with Gasteiger partial charge in [0, 0.05) is 13.2 Å². The minimum atomic E-state index is -1.41. The van der Waals surface area contributed by atoms with Crippen LogP contribution >= 0.6 is 0 Å². The van der Waals surface area contributed by atoms with Gasteiger partial charge < -0.3 is 19.7 Å². The van der Waals surface area contributed by atoms with Crippen molar-refractivity contribution < 1.29 is 24.5 Å². The predicted octanol–water partition coefficient (Wildman–Crippen LogP) is 8.27. The van der Waals surface area contributed by atoms with Gasteiger partial charge in [-0.15, -0.1) is 0 Å². The third-order valence-electron chi connectivity index (χ3n) is 5.91. The van der Waals surface area contributed by atoms with Gasteiger partial charge in [-0.1, -0.05) is 103 Å². The van der Waals surface area contributed by atoms with E-state index >= 15 is 0 Å². The molecule has 184 valence electrons. The van der Waals surface area contributed by atoms with Gasteiger partial charge >= 0.3 is 6.16 Å². The highest BCUT2D eigenvalue weighted by Crippen LogP contribution is 2.31. The second kappa shape index (κ2) is 19.9. The molecule has 0 unspecified atom stereocenters. The van der Waals surface area contributed by atoms with Crippen LogP contribution in [0.4, 0.5) is 4.79 Å². The van der Waals surface area contributed by atoms with Gasteiger partial charge in [0.25, 0.3) is 0 Å². The largest absolute Gasteiger partial charge is 0.511 e. The molecule has 0 heterocycles. The van der Waals surface area contributed by atoms with Crippen LogP contribution in [-0.4, -0.2) is 29.6 Å². The van der Waals surface area contributed by atoms with Gasteiger partial charge in [-0.05, 0) is 37.3 Å². The number of hydrogen-bond donors (Lipinski definition) is 2. The molecular weight excluding hydrogens is 404 g/mol. The molecule has 0 saturated heterocycles. The number of carbonyl (C=O) groups is 1. The molecule has 0 spiro atoms. The van der Waals surface area contributed by atoms with E-state index in [0.29, 0.717) is 0 Å². The Morgan fingerprint density at radius 3 is 1.78 bits per heavy atom. The number of phenolic OH excluding ortho intramolecular Hbond substituents is 1. The van der Waals surface area contributed by atoms with Gasteiger partial charge in [-0.2, -0.15) is 0 Å². The molecule has 1 rings (SSSR count). The van der Waals surface area contributed by atoms with E-state index in [-0.39, 0.29) is 11.5 Å². The molecule has 0 aliphatic carbocycles. The average Bonchev–Trinajstić information content (AvgIpc) is 2.77. The Hall–Kier alpha value is -1.75. The van der Waals surface area contributed by atoms with Crippen LogP contribution in [0.1, 0.15) is 115 Å². The van der Waals surface area contributed by atoms with Crippen molar-refractivity contribution in [2.75, 3.05) is 13.2 Å². The lowest BCUT2D eigenvalue weighted by molar-refractivity contribution is 0.125. The van der Waals surface area contributed by atoms with Crippen molar-refractivity contribution in [1.82, 2.24) is 0 Å². The molecule has 2 N–H and O–H groups in total. The summed E-state index contributed by atoms with van der Waals surface area (Å²) in [7, 11) is 0. The number of aromatic hydroxyl groups is 1. The summed E-state index contributed by atoms with van der Waals surface area (Å²) in [5.41, 5.74) is 0.751. The first-order valence-corrected chi connectivity index (χ1v) is 12.9. The lowest BCUT2D eigenvalue weighted by atomic mass is 10.0. The van der Waals surface area contributed by atoms with Crippen LogP contribution in [0.5, 0.6) is 11.5 Å². The number of aryl methyl sites for hydroxylation is 1. The van der Waals surface area contributed by atoms with Crippen LogP contribution < -0.4 is 4.74 Å². The highest BCUT2D eigenvalue weighted by atomic mass is 16.7. The summed E-state index contributed by atoms with van der Waals surface area (Å²) in [6, 6.07) is 5.01. The number of rotatable bonds is 21. The summed E-state index contributed by atoms with van der Waals surface area (Å²) in [5, 5.41) is 18.8. The van der Waals surface area contributed by atoms with Crippen LogP contribution in [0, 0.1) is 0 Å². The third-order valence-corrected chi connectivity index (χ3v) is 5.91. The normalized spacial score (nSPS) is 11.0. The highest BCUT2D eigenvalue weighted by molar-refractivity contribution is 5.63. The van der Waals surface area contributed by atoms with Crippen LogP contribution in [0.3, 0.4) is 0 Å². The summed E-state index contributed by atoms with van der Waals surface area (Å²) in [5.74, 6) is -0.0378. The Morgan fingerprint density at radius 2 is 1.25 bits per heavy atom. The SMILES string of the molecule is CCCCCCCOCCCCCCCCCCCCCc1cccc(OC(=O)O)c1O. The maximum absolute atomic E-state index is 10.6. The van der Waals surface area contributed by atoms with Crippen molar-refractivity contribution >= 4 is 6.16 Å². The van der Waals surface area contributed by atoms with Crippen molar-refractivity contribution in [2.45, 2.75) is 116 Å². The zero-order chi connectivity index (χ0) is 23.3. The molecule has 1 aromatic rings. The highest BCUT2D eigenvalue weighted by Gasteiger charge is 2.10. The fraction of sp³-hybridized carbons (Fsp3) is 0.741. The zero-order valence-corrected chi connectivity index (χ0v) is 20.3. The quantitative estimate of drug-likeness (QED) is 0.112. The minimum absolute atomic E-state index is 0.0142. The van der Waals surface area contributed by atoms with Gasteiger partial charge in [0.15, 0.2) is 11.5 Å². The topological polar surface area (TPSA) is 76.0 Å². The van der Waals surface area contributed by atoms with Crippen molar-refractivity contribution in [2.24, 2.45) is 0 Å². The Balaban J connectivity index is 1.86. The van der Waals surface area contributed by atoms with E-state index in [1.54, 1.807) is 6.07 Å². The van der Waals surface area contributed by atoms with Crippen LogP contribution in [0.2, 0.25) is 0 Å². The molecule has 0 fully saturated rings. The first-order chi connectivity index (χ1) is 15.6.